The largest absolute Gasteiger partial charge is 0.481 e. The maximum atomic E-state index is 14.6. The highest BCUT2D eigenvalue weighted by molar-refractivity contribution is 7.92. The molecule has 3 aromatic carbocycles. The third-order valence-electron chi connectivity index (χ3n) is 8.90. The molecule has 2 N–H and O–H groups in total. The molecule has 10 nitrogen and oxygen atoms in total. The number of carboxylic acids is 1. The van der Waals surface area contributed by atoms with Crippen molar-refractivity contribution in [1.29, 1.82) is 0 Å². The maximum absolute atomic E-state index is 14.6. The number of ether oxygens (including phenoxy) is 1. The van der Waals surface area contributed by atoms with Crippen molar-refractivity contribution in [3.8, 4) is 0 Å². The van der Waals surface area contributed by atoms with Gasteiger partial charge in [0, 0.05) is 26.6 Å². The van der Waals surface area contributed by atoms with E-state index >= 15 is 0 Å². The van der Waals surface area contributed by atoms with Crippen LogP contribution in [0, 0.1) is 24.6 Å². The fourth-order valence-corrected chi connectivity index (χ4v) is 7.49. The number of alkyl halides is 3. The number of sulfonamides is 1. The molecular formula is C33H34F4N4O6S. The Morgan fingerprint density at radius 3 is 2.38 bits per heavy atom. The lowest BCUT2D eigenvalue weighted by atomic mass is 9.67. The first kappa shape index (κ1) is 34.8. The number of imidazole rings is 1. The molecule has 0 bridgehead atoms. The van der Waals surface area contributed by atoms with Crippen molar-refractivity contribution >= 4 is 44.3 Å². The van der Waals surface area contributed by atoms with Gasteiger partial charge in [-0.15, -0.1) is 0 Å². The summed E-state index contributed by atoms with van der Waals surface area (Å²) in [6.07, 6.45) is -5.15. The van der Waals surface area contributed by atoms with Gasteiger partial charge in [0.1, 0.15) is 11.6 Å². The van der Waals surface area contributed by atoms with Crippen molar-refractivity contribution < 1.29 is 45.4 Å². The van der Waals surface area contributed by atoms with E-state index in [1.54, 1.807) is 25.1 Å². The van der Waals surface area contributed by atoms with E-state index in [2.05, 4.69) is 10.3 Å². The Labute approximate surface area is 274 Å². The number of fused-ring (bicyclic) bond motifs is 1. The van der Waals surface area contributed by atoms with Gasteiger partial charge in [-0.25, -0.2) is 17.8 Å². The minimum atomic E-state index is -4.79. The average molecular weight is 691 g/mol. The number of rotatable bonds is 9. The molecule has 1 aliphatic rings. The molecule has 1 heterocycles. The molecule has 256 valence electrons. The highest BCUT2D eigenvalue weighted by atomic mass is 32.2. The smallest absolute Gasteiger partial charge is 0.416 e. The second kappa shape index (κ2) is 13.2. The number of aromatic nitrogens is 2. The van der Waals surface area contributed by atoms with E-state index in [1.165, 1.54) is 31.3 Å². The Kier molecular flexibility index (Phi) is 9.57. The Hall–Kier alpha value is -4.50. The Bertz CT molecular complexity index is 1960. The van der Waals surface area contributed by atoms with E-state index in [0.717, 1.165) is 21.7 Å². The SMILES string of the molecule is CCO[C@@H]1C[C@H](C(=O)Nc2ccc(C(F)(F)F)cc2F)[C@@H](C(=O)O)[C@H](c2ccc(N(C)S(=O)(=O)c3ccc4c(c3)nc(C)n4C)cc2)C1. The molecule has 0 aliphatic heterocycles. The number of aryl methyl sites for hydroxylation is 2. The number of aliphatic carboxylic acids is 1. The summed E-state index contributed by atoms with van der Waals surface area (Å²) < 4.78 is 89.4. The zero-order valence-electron chi connectivity index (χ0n) is 26.5. The summed E-state index contributed by atoms with van der Waals surface area (Å²) in [5.74, 6) is -6.07. The third kappa shape index (κ3) is 6.74. The van der Waals surface area contributed by atoms with Crippen LogP contribution in [0.15, 0.2) is 65.6 Å². The summed E-state index contributed by atoms with van der Waals surface area (Å²) in [4.78, 5) is 30.5. The fraction of sp³-hybridized carbons (Fsp3) is 0.364. The summed E-state index contributed by atoms with van der Waals surface area (Å²) in [5, 5.41) is 12.6. The summed E-state index contributed by atoms with van der Waals surface area (Å²) in [7, 11) is -0.780. The number of hydrogen-bond donors (Lipinski definition) is 2. The summed E-state index contributed by atoms with van der Waals surface area (Å²) in [6, 6.07) is 12.6. The number of amides is 1. The number of carboxylic acid groups (broad SMARTS) is 1. The van der Waals surface area contributed by atoms with Gasteiger partial charge in [-0.05, 0) is 80.8 Å². The van der Waals surface area contributed by atoms with Gasteiger partial charge in [-0.2, -0.15) is 13.2 Å². The average Bonchev–Trinajstić information content (AvgIpc) is 3.32. The Morgan fingerprint density at radius 1 is 1.08 bits per heavy atom. The topological polar surface area (TPSA) is 131 Å². The van der Waals surface area contributed by atoms with Gasteiger partial charge in [0.25, 0.3) is 10.0 Å². The van der Waals surface area contributed by atoms with Crippen LogP contribution >= 0.6 is 0 Å². The van der Waals surface area contributed by atoms with Gasteiger partial charge in [-0.1, -0.05) is 12.1 Å². The zero-order chi connectivity index (χ0) is 35.1. The van der Waals surface area contributed by atoms with Gasteiger partial charge in [0.15, 0.2) is 0 Å². The van der Waals surface area contributed by atoms with Crippen molar-refractivity contribution in [2.75, 3.05) is 23.3 Å². The first-order valence-corrected chi connectivity index (χ1v) is 16.5. The molecule has 5 rings (SSSR count). The van der Waals surface area contributed by atoms with Crippen LogP contribution in [-0.4, -0.2) is 54.7 Å². The minimum absolute atomic E-state index is 0.0192. The van der Waals surface area contributed by atoms with Gasteiger partial charge in [0.2, 0.25) is 5.91 Å². The molecular weight excluding hydrogens is 656 g/mol. The van der Waals surface area contributed by atoms with Crippen LogP contribution in [0.3, 0.4) is 0 Å². The van der Waals surface area contributed by atoms with Crippen LogP contribution in [0.5, 0.6) is 0 Å². The predicted molar refractivity (Wildman–Crippen MR) is 170 cm³/mol. The number of nitrogens with one attached hydrogen (secondary N) is 1. The van der Waals surface area contributed by atoms with Crippen LogP contribution < -0.4 is 9.62 Å². The van der Waals surface area contributed by atoms with Crippen molar-refractivity contribution in [1.82, 2.24) is 9.55 Å². The standard InChI is InChI=1S/C33H34F4N4O6S/c1-5-47-22-15-24(30(32(43)44)25(16-22)31(42)39-27-12-8-20(14-26(27)34)33(35,36)37)19-6-9-21(10-7-19)41(4)48(45,46)23-11-13-29-28(17-23)38-18(2)40(29)3/h6-14,17,22,24-25,30H,5,15-16H2,1-4H3,(H,39,42)(H,43,44)/t22-,24-,25-,30-/m0/s1. The zero-order valence-corrected chi connectivity index (χ0v) is 27.3. The molecule has 1 saturated carbocycles. The molecule has 48 heavy (non-hydrogen) atoms. The first-order valence-electron chi connectivity index (χ1n) is 15.1. The van der Waals surface area contributed by atoms with Crippen LogP contribution in [0.25, 0.3) is 11.0 Å². The van der Waals surface area contributed by atoms with Gasteiger partial charge in [0.05, 0.1) is 50.8 Å². The van der Waals surface area contributed by atoms with Crippen LogP contribution in [0.2, 0.25) is 0 Å². The monoisotopic (exact) mass is 690 g/mol. The summed E-state index contributed by atoms with van der Waals surface area (Å²) in [5.41, 5.74) is 0.360. The van der Waals surface area contributed by atoms with Crippen molar-refractivity contribution in [3.05, 3.63) is 83.4 Å². The predicted octanol–water partition coefficient (Wildman–Crippen LogP) is 6.10. The van der Waals surface area contributed by atoms with E-state index in [4.69, 9.17) is 4.74 Å². The van der Waals surface area contributed by atoms with E-state index in [-0.39, 0.29) is 30.4 Å². The summed E-state index contributed by atoms with van der Waals surface area (Å²) in [6.45, 7) is 3.82. The molecule has 0 saturated heterocycles. The second-order valence-electron chi connectivity index (χ2n) is 11.7. The Balaban J connectivity index is 1.41. The lowest BCUT2D eigenvalue weighted by molar-refractivity contribution is -0.151. The third-order valence-corrected chi connectivity index (χ3v) is 10.7. The molecule has 4 aromatic rings. The molecule has 0 radical (unpaired) electrons. The van der Waals surface area contributed by atoms with Crippen molar-refractivity contribution in [2.24, 2.45) is 18.9 Å². The van der Waals surface area contributed by atoms with E-state index in [9.17, 15) is 40.7 Å². The first-order chi connectivity index (χ1) is 22.5. The minimum Gasteiger partial charge on any atom is -0.481 e. The van der Waals surface area contributed by atoms with E-state index in [1.807, 2.05) is 18.5 Å². The fourth-order valence-electron chi connectivity index (χ4n) is 6.27. The molecule has 1 aromatic heterocycles. The van der Waals surface area contributed by atoms with E-state index in [0.29, 0.717) is 22.8 Å². The lowest BCUT2D eigenvalue weighted by Crippen LogP contribution is -2.45. The number of halogens is 4. The number of anilines is 2. The Morgan fingerprint density at radius 2 is 1.77 bits per heavy atom. The van der Waals surface area contributed by atoms with Crippen molar-refractivity contribution in [3.63, 3.8) is 0 Å². The lowest BCUT2D eigenvalue weighted by Gasteiger charge is -2.39. The van der Waals surface area contributed by atoms with Crippen LogP contribution in [0.4, 0.5) is 28.9 Å². The van der Waals surface area contributed by atoms with Crippen LogP contribution in [0.1, 0.15) is 42.6 Å². The molecule has 1 fully saturated rings. The quantitative estimate of drug-likeness (QED) is 0.203. The number of carbonyl (C=O) groups is 2. The number of benzene rings is 3. The molecule has 4 atom stereocenters. The highest BCUT2D eigenvalue weighted by Gasteiger charge is 2.46. The van der Waals surface area contributed by atoms with Crippen LogP contribution in [-0.2, 0) is 37.6 Å². The normalized spacial score (nSPS) is 20.1. The van der Waals surface area contributed by atoms with E-state index < -0.39 is 69.0 Å². The number of nitrogens with zero attached hydrogens (tertiary/aromatic N) is 3. The molecule has 1 amide bonds. The highest BCUT2D eigenvalue weighted by Crippen LogP contribution is 2.44. The van der Waals surface area contributed by atoms with Gasteiger partial charge >= 0.3 is 12.1 Å². The molecule has 15 heteroatoms. The second-order valence-corrected chi connectivity index (χ2v) is 13.7. The number of hydrogen-bond acceptors (Lipinski definition) is 6. The molecule has 0 unspecified atom stereocenters. The van der Waals surface area contributed by atoms with Gasteiger partial charge < -0.3 is 19.7 Å². The molecule has 1 aliphatic carbocycles. The van der Waals surface area contributed by atoms with Crippen molar-refractivity contribution in [2.45, 2.75) is 49.8 Å². The van der Waals surface area contributed by atoms with Gasteiger partial charge in [-0.3, -0.25) is 13.9 Å². The summed E-state index contributed by atoms with van der Waals surface area (Å²) >= 11 is 0. The number of carbonyl (C=O) groups excluding carboxylic acids is 1. The maximum Gasteiger partial charge on any atom is 0.416 e. The molecule has 0 spiro atoms.